The highest BCUT2D eigenvalue weighted by molar-refractivity contribution is 5.78. The number of amides is 1. The molecule has 0 bridgehead atoms. The number of piperidine rings is 1. The zero-order valence-electron chi connectivity index (χ0n) is 12.7. The zero-order valence-corrected chi connectivity index (χ0v) is 12.7. The van der Waals surface area contributed by atoms with E-state index < -0.39 is 0 Å². The monoisotopic (exact) mass is 305 g/mol. The van der Waals surface area contributed by atoms with Crippen molar-refractivity contribution in [3.05, 3.63) is 11.6 Å². The summed E-state index contributed by atoms with van der Waals surface area (Å²) >= 11 is 0. The van der Waals surface area contributed by atoms with E-state index in [9.17, 15) is 4.79 Å². The van der Waals surface area contributed by atoms with Gasteiger partial charge < -0.3 is 15.4 Å². The topological polar surface area (TPSA) is 91.9 Å². The molecule has 0 aromatic carbocycles. The van der Waals surface area contributed by atoms with Gasteiger partial charge in [0.1, 0.15) is 5.82 Å². The van der Waals surface area contributed by atoms with Crippen LogP contribution in [0.25, 0.3) is 0 Å². The third-order valence-electron chi connectivity index (χ3n) is 5.05. The Morgan fingerprint density at radius 3 is 2.95 bits per heavy atom. The molecule has 1 aromatic heterocycles. The van der Waals surface area contributed by atoms with Crippen LogP contribution in [0.15, 0.2) is 0 Å². The van der Waals surface area contributed by atoms with E-state index in [0.29, 0.717) is 29.7 Å². The number of H-pyrrole nitrogens is 1. The highest BCUT2D eigenvalue weighted by atomic mass is 16.5. The number of nitrogens with zero attached hydrogens (tertiary/aromatic N) is 2. The van der Waals surface area contributed by atoms with Crippen molar-refractivity contribution in [3.63, 3.8) is 0 Å². The van der Waals surface area contributed by atoms with Gasteiger partial charge in [-0.05, 0) is 38.1 Å². The standard InChI is InChI=1S/C15H23N5O2/c21-12(18-14-10-2-1-5-16-13(10)14)8-11-17-15(20-19-11)9-3-6-22-7-4-9/h9-10,13-14,16H,1-8H2,(H,18,21)(H,17,19,20). The smallest absolute Gasteiger partial charge is 0.227 e. The summed E-state index contributed by atoms with van der Waals surface area (Å²) in [5, 5.41) is 13.8. The quantitative estimate of drug-likeness (QED) is 0.734. The first kappa shape index (κ1) is 14.1. The molecule has 3 unspecified atom stereocenters. The van der Waals surface area contributed by atoms with Crippen LogP contribution in [0.1, 0.15) is 43.3 Å². The molecule has 7 heteroatoms. The van der Waals surface area contributed by atoms with Crippen molar-refractivity contribution in [2.24, 2.45) is 5.92 Å². The molecule has 7 nitrogen and oxygen atoms in total. The highest BCUT2D eigenvalue weighted by Gasteiger charge is 2.51. The predicted octanol–water partition coefficient (Wildman–Crippen LogP) is 0.108. The van der Waals surface area contributed by atoms with Crippen LogP contribution < -0.4 is 10.6 Å². The average Bonchev–Trinajstić information content (AvgIpc) is 3.03. The maximum absolute atomic E-state index is 12.1. The van der Waals surface area contributed by atoms with E-state index in [1.54, 1.807) is 0 Å². The van der Waals surface area contributed by atoms with E-state index in [1.165, 1.54) is 12.8 Å². The third-order valence-corrected chi connectivity index (χ3v) is 5.05. The summed E-state index contributed by atoms with van der Waals surface area (Å²) in [6.07, 6.45) is 4.64. The van der Waals surface area contributed by atoms with Gasteiger partial charge >= 0.3 is 0 Å². The van der Waals surface area contributed by atoms with Gasteiger partial charge in [-0.1, -0.05) is 0 Å². The number of nitrogens with one attached hydrogen (secondary N) is 3. The van der Waals surface area contributed by atoms with Crippen molar-refractivity contribution in [1.29, 1.82) is 0 Å². The predicted molar refractivity (Wildman–Crippen MR) is 79.3 cm³/mol. The fourth-order valence-electron chi connectivity index (χ4n) is 3.73. The highest BCUT2D eigenvalue weighted by Crippen LogP contribution is 2.38. The van der Waals surface area contributed by atoms with Crippen molar-refractivity contribution >= 4 is 5.91 Å². The molecular weight excluding hydrogens is 282 g/mol. The molecule has 1 saturated carbocycles. The lowest BCUT2D eigenvalue weighted by Crippen LogP contribution is -2.33. The summed E-state index contributed by atoms with van der Waals surface area (Å²) < 4.78 is 5.35. The minimum absolute atomic E-state index is 0.0378. The van der Waals surface area contributed by atoms with Crippen LogP contribution in [0, 0.1) is 5.92 Å². The number of carbonyl (C=O) groups excluding carboxylic acids is 1. The molecule has 3 atom stereocenters. The number of fused-ring (bicyclic) bond motifs is 1. The Balaban J connectivity index is 1.29. The van der Waals surface area contributed by atoms with E-state index in [0.717, 1.165) is 38.4 Å². The van der Waals surface area contributed by atoms with Crippen LogP contribution in [0.3, 0.4) is 0 Å². The lowest BCUT2D eigenvalue weighted by atomic mass is 10.00. The van der Waals surface area contributed by atoms with Gasteiger partial charge in [-0.3, -0.25) is 9.89 Å². The molecule has 1 aliphatic carbocycles. The van der Waals surface area contributed by atoms with Gasteiger partial charge in [0.05, 0.1) is 6.42 Å². The van der Waals surface area contributed by atoms with E-state index in [2.05, 4.69) is 25.8 Å². The van der Waals surface area contributed by atoms with Gasteiger partial charge in [-0.2, -0.15) is 5.10 Å². The Morgan fingerprint density at radius 1 is 1.32 bits per heavy atom. The van der Waals surface area contributed by atoms with Gasteiger partial charge in [-0.15, -0.1) is 0 Å². The summed E-state index contributed by atoms with van der Waals surface area (Å²) in [5.41, 5.74) is 0. The number of hydrogen-bond acceptors (Lipinski definition) is 5. The average molecular weight is 305 g/mol. The summed E-state index contributed by atoms with van der Waals surface area (Å²) in [6.45, 7) is 2.61. The van der Waals surface area contributed by atoms with Crippen LogP contribution in [0.2, 0.25) is 0 Å². The maximum atomic E-state index is 12.1. The van der Waals surface area contributed by atoms with E-state index in [4.69, 9.17) is 4.74 Å². The largest absolute Gasteiger partial charge is 0.381 e. The molecular formula is C15H23N5O2. The minimum atomic E-state index is 0.0378. The van der Waals surface area contributed by atoms with Gasteiger partial charge in [0.15, 0.2) is 5.82 Å². The van der Waals surface area contributed by atoms with E-state index in [-0.39, 0.29) is 12.3 Å². The number of hydrogen-bond donors (Lipinski definition) is 3. The molecule has 2 saturated heterocycles. The molecule has 1 aromatic rings. The van der Waals surface area contributed by atoms with Gasteiger partial charge in [0.25, 0.3) is 0 Å². The van der Waals surface area contributed by atoms with E-state index in [1.807, 2.05) is 0 Å². The lowest BCUT2D eigenvalue weighted by Gasteiger charge is -2.18. The van der Waals surface area contributed by atoms with Gasteiger partial charge in [0.2, 0.25) is 5.91 Å². The Labute approximate surface area is 129 Å². The number of aromatic nitrogens is 3. The first-order valence-electron chi connectivity index (χ1n) is 8.33. The first-order chi connectivity index (χ1) is 10.8. The Bertz CT molecular complexity index is 528. The van der Waals surface area contributed by atoms with Gasteiger partial charge in [-0.25, -0.2) is 4.98 Å². The lowest BCUT2D eigenvalue weighted by molar-refractivity contribution is -0.120. The summed E-state index contributed by atoms with van der Waals surface area (Å²) in [6, 6.07) is 0.804. The van der Waals surface area contributed by atoms with Crippen LogP contribution in [-0.4, -0.2) is 52.9 Å². The Morgan fingerprint density at radius 2 is 2.18 bits per heavy atom. The van der Waals surface area contributed by atoms with Crippen LogP contribution in [-0.2, 0) is 16.0 Å². The molecule has 2 aliphatic heterocycles. The normalized spacial score (nSPS) is 31.5. The Kier molecular flexibility index (Phi) is 3.83. The van der Waals surface area contributed by atoms with Gasteiger partial charge in [0, 0.05) is 31.2 Å². The van der Waals surface area contributed by atoms with Crippen molar-refractivity contribution in [3.8, 4) is 0 Å². The van der Waals surface area contributed by atoms with Crippen molar-refractivity contribution in [2.75, 3.05) is 19.8 Å². The fraction of sp³-hybridized carbons (Fsp3) is 0.800. The molecule has 0 spiro atoms. The molecule has 3 heterocycles. The molecule has 3 aliphatic rings. The minimum Gasteiger partial charge on any atom is -0.381 e. The summed E-state index contributed by atoms with van der Waals surface area (Å²) in [5.74, 6) is 2.52. The molecule has 120 valence electrons. The summed E-state index contributed by atoms with van der Waals surface area (Å²) in [4.78, 5) is 16.6. The molecule has 1 amide bonds. The fourth-order valence-corrected chi connectivity index (χ4v) is 3.73. The maximum Gasteiger partial charge on any atom is 0.227 e. The van der Waals surface area contributed by atoms with Crippen molar-refractivity contribution in [2.45, 2.75) is 50.1 Å². The SMILES string of the molecule is O=C(Cc1nc(C2CCOCC2)n[nH]1)NC1C2CCCNC21. The van der Waals surface area contributed by atoms with Crippen LogP contribution in [0.5, 0.6) is 0 Å². The summed E-state index contributed by atoms with van der Waals surface area (Å²) in [7, 11) is 0. The molecule has 0 radical (unpaired) electrons. The molecule has 22 heavy (non-hydrogen) atoms. The third kappa shape index (κ3) is 2.87. The number of ether oxygens (including phenoxy) is 1. The zero-order chi connectivity index (χ0) is 14.9. The van der Waals surface area contributed by atoms with Crippen molar-refractivity contribution < 1.29 is 9.53 Å². The molecule has 3 fully saturated rings. The van der Waals surface area contributed by atoms with Crippen LogP contribution >= 0.6 is 0 Å². The number of aromatic amines is 1. The molecule has 3 N–H and O–H groups in total. The second-order valence-corrected chi connectivity index (χ2v) is 6.58. The van der Waals surface area contributed by atoms with Crippen LogP contribution in [0.4, 0.5) is 0 Å². The van der Waals surface area contributed by atoms with Crippen molar-refractivity contribution in [1.82, 2.24) is 25.8 Å². The first-order valence-corrected chi connectivity index (χ1v) is 8.33. The number of rotatable bonds is 4. The van der Waals surface area contributed by atoms with E-state index >= 15 is 0 Å². The second-order valence-electron chi connectivity index (χ2n) is 6.58. The Hall–Kier alpha value is -1.47. The number of carbonyl (C=O) groups is 1. The molecule has 4 rings (SSSR count). The second kappa shape index (κ2) is 5.96.